The van der Waals surface area contributed by atoms with Crippen LogP contribution in [0, 0.1) is 6.92 Å². The molecule has 1 aromatic carbocycles. The van der Waals surface area contributed by atoms with Crippen LogP contribution in [-0.4, -0.2) is 38.0 Å². The summed E-state index contributed by atoms with van der Waals surface area (Å²) in [6, 6.07) is 4.20. The first-order chi connectivity index (χ1) is 11.2. The maximum atomic E-state index is 12.6. The van der Waals surface area contributed by atoms with E-state index in [1.54, 1.807) is 6.92 Å². The van der Waals surface area contributed by atoms with Gasteiger partial charge in [0.2, 0.25) is 0 Å². The number of nitrogens with zero attached hydrogens (tertiary/aromatic N) is 3. The summed E-state index contributed by atoms with van der Waals surface area (Å²) in [5, 5.41) is 12.7. The number of aryl methyl sites for hydroxylation is 1. The van der Waals surface area contributed by atoms with Gasteiger partial charge < -0.3 is 10.0 Å². The fourth-order valence-electron chi connectivity index (χ4n) is 1.95. The monoisotopic (exact) mass is 359 g/mol. The Kier molecular flexibility index (Phi) is 5.17. The Balaban J connectivity index is 2.21. The predicted molar refractivity (Wildman–Crippen MR) is 78.5 cm³/mol. The molecule has 24 heavy (non-hydrogen) atoms. The van der Waals surface area contributed by atoms with Gasteiger partial charge in [-0.3, -0.25) is 9.59 Å². The molecule has 2 rings (SSSR count). The van der Waals surface area contributed by atoms with Crippen molar-refractivity contribution in [1.82, 2.24) is 14.5 Å². The molecule has 1 aromatic heterocycles. The van der Waals surface area contributed by atoms with E-state index in [4.69, 9.17) is 5.11 Å². The molecule has 0 aliphatic heterocycles. The number of carbonyl (C=O) groups is 2. The van der Waals surface area contributed by atoms with Gasteiger partial charge in [0.1, 0.15) is 11.4 Å². The Morgan fingerprint density at radius 1 is 1.25 bits per heavy atom. The molecule has 0 radical (unpaired) electrons. The van der Waals surface area contributed by atoms with Crippen LogP contribution in [0.2, 0.25) is 0 Å². The Morgan fingerprint density at radius 2 is 1.88 bits per heavy atom. The summed E-state index contributed by atoms with van der Waals surface area (Å²) in [5.41, 5.74) is -0.0644. The highest BCUT2D eigenvalue weighted by Gasteiger charge is 2.30. The lowest BCUT2D eigenvalue weighted by Crippen LogP contribution is -2.35. The summed E-state index contributed by atoms with van der Waals surface area (Å²) in [5.74, 6) is -1.81. The second-order valence-corrected chi connectivity index (χ2v) is 5.69. The number of aliphatic carboxylic acids is 1. The number of amides is 1. The second-order valence-electron chi connectivity index (χ2n) is 4.94. The van der Waals surface area contributed by atoms with E-state index in [0.717, 1.165) is 28.6 Å². The quantitative estimate of drug-likeness (QED) is 0.887. The number of benzene rings is 1. The fourth-order valence-corrected chi connectivity index (χ4v) is 2.58. The van der Waals surface area contributed by atoms with Crippen molar-refractivity contribution in [3.8, 4) is 0 Å². The first-order valence-corrected chi connectivity index (χ1v) is 7.42. The summed E-state index contributed by atoms with van der Waals surface area (Å²) in [6.07, 6.45) is -4.46. The maximum absolute atomic E-state index is 12.6. The molecule has 0 aliphatic rings. The molecule has 10 heteroatoms. The zero-order chi connectivity index (χ0) is 17.9. The van der Waals surface area contributed by atoms with Gasteiger partial charge in [-0.1, -0.05) is 16.6 Å². The SMILES string of the molecule is Cc1nnsc1C(=O)N(CC(=O)O)Cc1ccc(C(F)(F)F)cc1. The van der Waals surface area contributed by atoms with Crippen molar-refractivity contribution in [2.24, 2.45) is 0 Å². The molecule has 0 saturated carbocycles. The van der Waals surface area contributed by atoms with Crippen LogP contribution in [-0.2, 0) is 17.5 Å². The fraction of sp³-hybridized carbons (Fsp3) is 0.286. The molecule has 0 fully saturated rings. The molecular weight excluding hydrogens is 347 g/mol. The van der Waals surface area contributed by atoms with E-state index < -0.39 is 30.2 Å². The molecule has 6 nitrogen and oxygen atoms in total. The molecule has 2 aromatic rings. The van der Waals surface area contributed by atoms with E-state index in [1.165, 1.54) is 12.1 Å². The van der Waals surface area contributed by atoms with Gasteiger partial charge in [0.15, 0.2) is 0 Å². The van der Waals surface area contributed by atoms with Crippen LogP contribution in [0.3, 0.4) is 0 Å². The molecule has 1 N–H and O–H groups in total. The standard InChI is InChI=1S/C14H12F3N3O3S/c1-8-12(24-19-18-8)13(23)20(7-11(21)22)6-9-2-4-10(5-3-9)14(15,16)17/h2-5H,6-7H2,1H3,(H,21,22). The number of hydrogen-bond acceptors (Lipinski definition) is 5. The largest absolute Gasteiger partial charge is 0.480 e. The van der Waals surface area contributed by atoms with Gasteiger partial charge in [0.05, 0.1) is 11.3 Å². The van der Waals surface area contributed by atoms with Gasteiger partial charge in [0, 0.05) is 6.54 Å². The van der Waals surface area contributed by atoms with E-state index in [0.29, 0.717) is 11.3 Å². The van der Waals surface area contributed by atoms with Crippen molar-refractivity contribution in [3.05, 3.63) is 46.0 Å². The highest BCUT2D eigenvalue weighted by molar-refractivity contribution is 7.07. The van der Waals surface area contributed by atoms with E-state index >= 15 is 0 Å². The highest BCUT2D eigenvalue weighted by Crippen LogP contribution is 2.29. The van der Waals surface area contributed by atoms with Crippen LogP contribution in [0.1, 0.15) is 26.5 Å². The average Bonchev–Trinajstić information content (AvgIpc) is 2.91. The van der Waals surface area contributed by atoms with Crippen molar-refractivity contribution in [1.29, 1.82) is 0 Å². The number of carbonyl (C=O) groups excluding carboxylic acids is 1. The van der Waals surface area contributed by atoms with Gasteiger partial charge >= 0.3 is 12.1 Å². The summed E-state index contributed by atoms with van der Waals surface area (Å²) >= 11 is 0.835. The number of aromatic nitrogens is 2. The first kappa shape index (κ1) is 17.9. The molecule has 128 valence electrons. The van der Waals surface area contributed by atoms with Gasteiger partial charge in [0.25, 0.3) is 5.91 Å². The lowest BCUT2D eigenvalue weighted by molar-refractivity contribution is -0.138. The third-order valence-electron chi connectivity index (χ3n) is 3.11. The maximum Gasteiger partial charge on any atom is 0.416 e. The van der Waals surface area contributed by atoms with Crippen LogP contribution >= 0.6 is 11.5 Å². The number of hydrogen-bond donors (Lipinski definition) is 1. The molecule has 0 saturated heterocycles. The van der Waals surface area contributed by atoms with Gasteiger partial charge in [-0.2, -0.15) is 13.2 Å². The van der Waals surface area contributed by atoms with Gasteiger partial charge in [-0.25, -0.2) is 0 Å². The van der Waals surface area contributed by atoms with Crippen LogP contribution in [0.5, 0.6) is 0 Å². The number of halogens is 3. The summed E-state index contributed by atoms with van der Waals surface area (Å²) in [4.78, 5) is 24.6. The van der Waals surface area contributed by atoms with Crippen molar-refractivity contribution in [3.63, 3.8) is 0 Å². The van der Waals surface area contributed by atoms with Crippen molar-refractivity contribution in [2.45, 2.75) is 19.6 Å². The Bertz CT molecular complexity index is 744. The highest BCUT2D eigenvalue weighted by atomic mass is 32.1. The summed E-state index contributed by atoms with van der Waals surface area (Å²) in [7, 11) is 0. The van der Waals surface area contributed by atoms with Crippen LogP contribution in [0.15, 0.2) is 24.3 Å². The number of carboxylic acids is 1. The minimum Gasteiger partial charge on any atom is -0.480 e. The van der Waals surface area contributed by atoms with Crippen molar-refractivity contribution < 1.29 is 27.9 Å². The Hall–Kier alpha value is -2.49. The molecule has 0 atom stereocenters. The van der Waals surface area contributed by atoms with Crippen LogP contribution in [0.25, 0.3) is 0 Å². The molecule has 1 heterocycles. The third kappa shape index (κ3) is 4.28. The molecule has 0 bridgehead atoms. The average molecular weight is 359 g/mol. The lowest BCUT2D eigenvalue weighted by Gasteiger charge is -2.20. The molecule has 0 spiro atoms. The van der Waals surface area contributed by atoms with E-state index in [1.807, 2.05) is 0 Å². The van der Waals surface area contributed by atoms with E-state index in [-0.39, 0.29) is 11.4 Å². The molecule has 0 unspecified atom stereocenters. The zero-order valence-electron chi connectivity index (χ0n) is 12.4. The summed E-state index contributed by atoms with van der Waals surface area (Å²) in [6.45, 7) is 0.839. The van der Waals surface area contributed by atoms with Crippen LogP contribution in [0.4, 0.5) is 13.2 Å². The molecule has 0 aliphatic carbocycles. The normalized spacial score (nSPS) is 11.3. The van der Waals surface area contributed by atoms with Crippen molar-refractivity contribution >= 4 is 23.4 Å². The summed E-state index contributed by atoms with van der Waals surface area (Å²) < 4.78 is 41.3. The van der Waals surface area contributed by atoms with E-state index in [9.17, 15) is 22.8 Å². The molecular formula is C14H12F3N3O3S. The minimum absolute atomic E-state index is 0.138. The first-order valence-electron chi connectivity index (χ1n) is 6.64. The molecule has 1 amide bonds. The minimum atomic E-state index is -4.46. The predicted octanol–water partition coefficient (Wildman–Crippen LogP) is 2.59. The smallest absolute Gasteiger partial charge is 0.416 e. The zero-order valence-corrected chi connectivity index (χ0v) is 13.2. The second kappa shape index (κ2) is 6.95. The number of carboxylic acid groups (broad SMARTS) is 1. The van der Waals surface area contributed by atoms with Gasteiger partial charge in [-0.05, 0) is 36.2 Å². The number of alkyl halides is 3. The number of rotatable bonds is 5. The van der Waals surface area contributed by atoms with Crippen molar-refractivity contribution in [2.75, 3.05) is 6.54 Å². The Morgan fingerprint density at radius 3 is 2.33 bits per heavy atom. The lowest BCUT2D eigenvalue weighted by atomic mass is 10.1. The third-order valence-corrected chi connectivity index (χ3v) is 3.93. The van der Waals surface area contributed by atoms with Crippen LogP contribution < -0.4 is 0 Å². The Labute approximate surface area is 138 Å². The topological polar surface area (TPSA) is 83.4 Å². The van der Waals surface area contributed by atoms with Gasteiger partial charge in [-0.15, -0.1) is 5.10 Å². The van der Waals surface area contributed by atoms with E-state index in [2.05, 4.69) is 9.59 Å².